The lowest BCUT2D eigenvalue weighted by Crippen LogP contribution is -2.29. The Kier molecular flexibility index (Phi) is 8.13. The van der Waals surface area contributed by atoms with Crippen molar-refractivity contribution in [2.24, 2.45) is 5.73 Å². The van der Waals surface area contributed by atoms with E-state index in [1.54, 1.807) is 6.07 Å². The lowest BCUT2D eigenvalue weighted by molar-refractivity contribution is 0.0141. The normalized spacial score (nSPS) is 22.8. The van der Waals surface area contributed by atoms with Gasteiger partial charge in [0.05, 0.1) is 6.10 Å². The monoisotopic (exact) mass is 435 g/mol. The molecule has 2 unspecified atom stereocenters. The number of hydrogen-bond acceptors (Lipinski definition) is 5. The largest absolute Gasteiger partial charge is 0.370 e. The molecule has 164 valence electrons. The van der Waals surface area contributed by atoms with Gasteiger partial charge in [0.1, 0.15) is 17.5 Å². The second-order valence-corrected chi connectivity index (χ2v) is 8.23. The zero-order chi connectivity index (χ0) is 21.5. The van der Waals surface area contributed by atoms with Gasteiger partial charge in [0.2, 0.25) is 0 Å². The third kappa shape index (κ3) is 5.97. The molecule has 1 heterocycles. The number of nitrogens with one attached hydrogen (secondary N) is 3. The van der Waals surface area contributed by atoms with Crippen molar-refractivity contribution in [2.75, 3.05) is 13.1 Å². The zero-order valence-corrected chi connectivity index (χ0v) is 18.1. The Labute approximate surface area is 182 Å². The summed E-state index contributed by atoms with van der Waals surface area (Å²) in [4.78, 5) is 7.59. The first-order valence-corrected chi connectivity index (χ1v) is 11.0. The molecule has 0 radical (unpaired) electrons. The van der Waals surface area contributed by atoms with E-state index in [0.717, 1.165) is 51.0 Å². The Hall–Kier alpha value is -2.09. The van der Waals surface area contributed by atoms with Gasteiger partial charge in [0, 0.05) is 41.8 Å². The number of halogens is 2. The molecule has 1 saturated carbocycles. The Morgan fingerprint density at radius 1 is 1.47 bits per heavy atom. The van der Waals surface area contributed by atoms with Crippen LogP contribution in [0.15, 0.2) is 36.2 Å². The van der Waals surface area contributed by atoms with Crippen molar-refractivity contribution in [1.29, 1.82) is 5.41 Å². The topological polar surface area (TPSA) is 86.4 Å². The number of benzene rings is 1. The minimum atomic E-state index is -0.431. The highest BCUT2D eigenvalue weighted by Gasteiger charge is 2.24. The molecule has 1 aliphatic heterocycles. The Bertz CT molecular complexity index is 790. The quantitative estimate of drug-likeness (QED) is 0.283. The van der Waals surface area contributed by atoms with E-state index in [1.165, 1.54) is 6.07 Å². The summed E-state index contributed by atoms with van der Waals surface area (Å²) >= 11 is 6.39. The van der Waals surface area contributed by atoms with E-state index in [1.807, 2.05) is 12.2 Å². The van der Waals surface area contributed by atoms with E-state index < -0.39 is 5.82 Å². The molecule has 2 fully saturated rings. The summed E-state index contributed by atoms with van der Waals surface area (Å²) in [6.45, 7) is 4.08. The fraction of sp³-hybridized carbons (Fsp3) is 0.500. The van der Waals surface area contributed by atoms with Gasteiger partial charge >= 0.3 is 0 Å². The maximum atomic E-state index is 14.8. The minimum Gasteiger partial charge on any atom is -0.370 e. The van der Waals surface area contributed by atoms with E-state index >= 15 is 0 Å². The smallest absolute Gasteiger partial charge is 0.149 e. The molecule has 5 N–H and O–H groups in total. The molecule has 2 aliphatic rings. The molecular weight excluding hydrogens is 405 g/mol. The van der Waals surface area contributed by atoms with Crippen LogP contribution >= 0.6 is 11.6 Å². The van der Waals surface area contributed by atoms with Crippen LogP contribution in [-0.4, -0.2) is 36.0 Å². The summed E-state index contributed by atoms with van der Waals surface area (Å²) < 4.78 is 14.8. The van der Waals surface area contributed by atoms with Crippen LogP contribution in [0.2, 0.25) is 5.02 Å². The van der Waals surface area contributed by atoms with E-state index in [9.17, 15) is 4.39 Å². The fourth-order valence-corrected chi connectivity index (χ4v) is 3.94. The summed E-state index contributed by atoms with van der Waals surface area (Å²) in [6, 6.07) is 3.07. The number of nitrogens with two attached hydrogens (primary N) is 1. The van der Waals surface area contributed by atoms with Crippen LogP contribution in [0, 0.1) is 11.2 Å². The number of hydrogen-bond donors (Lipinski definition) is 4. The van der Waals surface area contributed by atoms with Gasteiger partial charge in [0.25, 0.3) is 0 Å². The molecule has 1 aromatic rings. The van der Waals surface area contributed by atoms with Gasteiger partial charge in [-0.05, 0) is 43.9 Å². The molecule has 1 aromatic carbocycles. The van der Waals surface area contributed by atoms with Crippen LogP contribution in [0.25, 0.3) is 0 Å². The van der Waals surface area contributed by atoms with Crippen molar-refractivity contribution in [2.45, 2.75) is 57.7 Å². The first-order valence-electron chi connectivity index (χ1n) is 10.6. The molecule has 6 nitrogen and oxygen atoms in total. The predicted molar refractivity (Wildman–Crippen MR) is 119 cm³/mol. The molecule has 3 rings (SSSR count). The van der Waals surface area contributed by atoms with Gasteiger partial charge in [-0.25, -0.2) is 9.87 Å². The minimum absolute atomic E-state index is 0.0210. The average molecular weight is 436 g/mol. The molecule has 8 heteroatoms. The van der Waals surface area contributed by atoms with Gasteiger partial charge in [-0.15, -0.1) is 0 Å². The molecule has 2 atom stereocenters. The van der Waals surface area contributed by atoms with Crippen molar-refractivity contribution in [3.63, 3.8) is 0 Å². The summed E-state index contributed by atoms with van der Waals surface area (Å²) in [5.41, 5.74) is 9.25. The SMILES string of the molecule is CCC/C=C\C=C1/NCCN1Cc1c(F)cc(C(=N)NOC2CCC(N)C2)cc1Cl. The summed E-state index contributed by atoms with van der Waals surface area (Å²) in [7, 11) is 0. The highest BCUT2D eigenvalue weighted by molar-refractivity contribution is 6.31. The van der Waals surface area contributed by atoms with Crippen LogP contribution in [-0.2, 0) is 11.4 Å². The molecule has 0 amide bonds. The van der Waals surface area contributed by atoms with Gasteiger partial charge in [0.15, 0.2) is 0 Å². The number of rotatable bonds is 8. The molecule has 30 heavy (non-hydrogen) atoms. The van der Waals surface area contributed by atoms with E-state index in [2.05, 4.69) is 28.7 Å². The third-order valence-electron chi connectivity index (χ3n) is 5.41. The van der Waals surface area contributed by atoms with Crippen molar-refractivity contribution in [3.8, 4) is 0 Å². The van der Waals surface area contributed by atoms with Crippen molar-refractivity contribution < 1.29 is 9.23 Å². The lowest BCUT2D eigenvalue weighted by Gasteiger charge is -2.20. The maximum absolute atomic E-state index is 14.8. The van der Waals surface area contributed by atoms with Gasteiger partial charge in [-0.3, -0.25) is 10.2 Å². The van der Waals surface area contributed by atoms with E-state index in [-0.39, 0.29) is 18.0 Å². The van der Waals surface area contributed by atoms with Crippen LogP contribution in [0.4, 0.5) is 4.39 Å². The fourth-order valence-electron chi connectivity index (χ4n) is 3.67. The maximum Gasteiger partial charge on any atom is 0.149 e. The van der Waals surface area contributed by atoms with Crippen molar-refractivity contribution in [1.82, 2.24) is 15.7 Å². The Morgan fingerprint density at radius 3 is 3.00 bits per heavy atom. The summed E-state index contributed by atoms with van der Waals surface area (Å²) in [5.74, 6) is 0.506. The van der Waals surface area contributed by atoms with E-state index in [4.69, 9.17) is 27.6 Å². The molecule has 1 aliphatic carbocycles. The molecule has 0 spiro atoms. The molecular formula is C22H31ClFN5O. The van der Waals surface area contributed by atoms with Crippen molar-refractivity contribution >= 4 is 17.4 Å². The highest BCUT2D eigenvalue weighted by atomic mass is 35.5. The number of nitrogens with zero attached hydrogens (tertiary/aromatic N) is 1. The zero-order valence-electron chi connectivity index (χ0n) is 17.4. The summed E-state index contributed by atoms with van der Waals surface area (Å²) in [5, 5.41) is 11.8. The highest BCUT2D eigenvalue weighted by Crippen LogP contribution is 2.26. The number of allylic oxidation sites excluding steroid dienone is 3. The standard InChI is InChI=1S/C22H31ClFN5O/c1-2-3-4-5-6-21-27-9-10-29(21)14-18-19(23)11-15(12-20(18)24)22(26)28-30-17-8-7-16(25)13-17/h4-6,11-12,16-17,27H,2-3,7-10,13-14,25H2,1H3,(H2,26,28)/b5-4-,21-6+. The number of unbranched alkanes of at least 4 members (excludes halogenated alkanes) is 1. The average Bonchev–Trinajstić information content (AvgIpc) is 3.34. The van der Waals surface area contributed by atoms with Crippen LogP contribution in [0.1, 0.15) is 50.2 Å². The number of amidine groups is 1. The third-order valence-corrected chi connectivity index (χ3v) is 5.74. The molecule has 0 aromatic heterocycles. The van der Waals surface area contributed by atoms with Crippen LogP contribution in [0.3, 0.4) is 0 Å². The Balaban J connectivity index is 1.63. The van der Waals surface area contributed by atoms with Gasteiger partial charge < -0.3 is 16.0 Å². The molecule has 0 bridgehead atoms. The number of hydroxylamine groups is 1. The first kappa shape index (κ1) is 22.6. The lowest BCUT2D eigenvalue weighted by atomic mass is 10.1. The first-order chi connectivity index (χ1) is 14.5. The van der Waals surface area contributed by atoms with Gasteiger partial charge in [-0.2, -0.15) is 0 Å². The second kappa shape index (κ2) is 10.8. The second-order valence-electron chi connectivity index (χ2n) is 7.83. The molecule has 1 saturated heterocycles. The van der Waals surface area contributed by atoms with Crippen molar-refractivity contribution in [3.05, 3.63) is 58.1 Å². The van der Waals surface area contributed by atoms with Crippen LogP contribution in [0.5, 0.6) is 0 Å². The van der Waals surface area contributed by atoms with Crippen LogP contribution < -0.4 is 16.5 Å². The Morgan fingerprint density at radius 2 is 2.30 bits per heavy atom. The van der Waals surface area contributed by atoms with E-state index in [0.29, 0.717) is 22.7 Å². The van der Waals surface area contributed by atoms with Gasteiger partial charge in [-0.1, -0.05) is 37.1 Å². The summed E-state index contributed by atoms with van der Waals surface area (Å²) in [6.07, 6.45) is 10.8. The predicted octanol–water partition coefficient (Wildman–Crippen LogP) is 3.81.